The van der Waals surface area contributed by atoms with Crippen molar-refractivity contribution >= 4 is 40.5 Å². The molecule has 7 rings (SSSR count). The first kappa shape index (κ1) is 49.6. The zero-order valence-electron chi connectivity index (χ0n) is 40.6. The average Bonchev–Trinajstić information content (AvgIpc) is 3.92. The summed E-state index contributed by atoms with van der Waals surface area (Å²) < 4.78 is 14.0. The van der Waals surface area contributed by atoms with Crippen LogP contribution in [0.25, 0.3) is 33.3 Å². The molecule has 0 aliphatic carbocycles. The van der Waals surface area contributed by atoms with Gasteiger partial charge >= 0.3 is 5.97 Å². The number of hydrogen-bond donors (Lipinski definition) is 4. The van der Waals surface area contributed by atoms with E-state index in [1.165, 1.54) is 15.9 Å². The van der Waals surface area contributed by atoms with Crippen LogP contribution in [0.5, 0.6) is 5.75 Å². The van der Waals surface area contributed by atoms with Crippen LogP contribution in [0.3, 0.4) is 0 Å². The van der Waals surface area contributed by atoms with Gasteiger partial charge in [0.15, 0.2) is 0 Å². The number of carbonyl (C=O) groups excluding carboxylic acids is 5. The molecule has 4 N–H and O–H groups in total. The summed E-state index contributed by atoms with van der Waals surface area (Å²) in [6, 6.07) is 12.8. The number of phenols is 1. The molecule has 2 aromatic carbocycles. The van der Waals surface area contributed by atoms with Gasteiger partial charge in [0.25, 0.3) is 11.8 Å². The first-order chi connectivity index (χ1) is 32.3. The number of nitrogens with zero attached hydrogens (tertiary/aromatic N) is 5. The minimum absolute atomic E-state index is 0.0428. The zero-order chi connectivity index (χ0) is 49.2. The number of aryl methyl sites for hydroxylation is 1. The number of likely N-dealkylation sites (tertiary alicyclic amines) is 1. The average molecular weight is 932 g/mol. The molecule has 68 heavy (non-hydrogen) atoms. The van der Waals surface area contributed by atoms with Crippen LogP contribution in [0.2, 0.25) is 0 Å². The van der Waals surface area contributed by atoms with Crippen molar-refractivity contribution in [1.82, 2.24) is 35.1 Å². The highest BCUT2D eigenvalue weighted by Gasteiger charge is 2.46. The van der Waals surface area contributed by atoms with Gasteiger partial charge in [-0.3, -0.25) is 29.2 Å². The Hall–Kier alpha value is -6.28. The van der Waals surface area contributed by atoms with E-state index >= 15 is 0 Å². The lowest BCUT2D eigenvalue weighted by atomic mass is 9.84. The summed E-state index contributed by atoms with van der Waals surface area (Å²) in [5.41, 5.74) is 6.37. The normalized spacial score (nSPS) is 21.6. The molecule has 4 amide bonds. The summed E-state index contributed by atoms with van der Waals surface area (Å²) in [5, 5.41) is 28.3. The molecular weight excluding hydrogens is 867 g/mol. The van der Waals surface area contributed by atoms with Gasteiger partial charge in [-0.05, 0) is 111 Å². The quantitative estimate of drug-likeness (QED) is 0.128. The lowest BCUT2D eigenvalue weighted by molar-refractivity contribution is -0.189. The molecule has 0 spiro atoms. The van der Waals surface area contributed by atoms with Crippen LogP contribution < -0.4 is 10.7 Å². The van der Waals surface area contributed by atoms with Crippen molar-refractivity contribution in [2.75, 3.05) is 40.4 Å². The summed E-state index contributed by atoms with van der Waals surface area (Å²) >= 11 is 0. The fourth-order valence-corrected chi connectivity index (χ4v) is 10.0. The van der Waals surface area contributed by atoms with Gasteiger partial charge in [0.05, 0.1) is 30.0 Å². The lowest BCUT2D eigenvalue weighted by Crippen LogP contribution is -2.67. The van der Waals surface area contributed by atoms with Crippen LogP contribution in [0.1, 0.15) is 90.7 Å². The largest absolute Gasteiger partial charge is 0.508 e. The van der Waals surface area contributed by atoms with E-state index in [9.17, 15) is 34.2 Å². The number of ether oxygens (including phenoxy) is 2. The number of esters is 1. The molecule has 362 valence electrons. The van der Waals surface area contributed by atoms with E-state index in [0.717, 1.165) is 44.0 Å². The van der Waals surface area contributed by atoms with Crippen LogP contribution >= 0.6 is 0 Å². The van der Waals surface area contributed by atoms with Crippen molar-refractivity contribution in [1.29, 1.82) is 0 Å². The molecule has 5 heterocycles. The number of benzene rings is 2. The highest BCUT2D eigenvalue weighted by Crippen LogP contribution is 2.42. The van der Waals surface area contributed by atoms with Gasteiger partial charge in [0.1, 0.15) is 17.8 Å². The van der Waals surface area contributed by atoms with Gasteiger partial charge in [-0.1, -0.05) is 45.7 Å². The molecule has 3 aliphatic heterocycles. The number of phenolic OH excluding ortho intramolecular Hbond substituents is 1. The number of nitrogens with one attached hydrogen (secondary N) is 2. The SMILES string of the molecule is CC#CC(=O)N1CC[C@H](C(=O)N(C)[C@H](C(=O)N[C@H]2Cc3cc(O)cc(c3)-c3ccc4c(c3)c(c(-c3cccnc3[C@H](C)OC)n4CC)CC(C)(C)COC(=O)[C@@]3(O)CCCN(N3)C2=O)C(C)C)C1. The van der Waals surface area contributed by atoms with Crippen molar-refractivity contribution < 1.29 is 43.7 Å². The number of methoxy groups -OCH3 is 1. The van der Waals surface area contributed by atoms with E-state index in [-0.39, 0.29) is 62.6 Å². The van der Waals surface area contributed by atoms with Crippen LogP contribution in [0.4, 0.5) is 0 Å². The monoisotopic (exact) mass is 931 g/mol. The number of fused-ring (bicyclic) bond motifs is 6. The maximum Gasteiger partial charge on any atom is 0.355 e. The summed E-state index contributed by atoms with van der Waals surface area (Å²) in [6.45, 7) is 14.4. The smallest absolute Gasteiger partial charge is 0.355 e. The number of aromatic hydroxyl groups is 1. The second-order valence-electron chi connectivity index (χ2n) is 19.5. The highest BCUT2D eigenvalue weighted by molar-refractivity contribution is 5.97. The third-order valence-corrected chi connectivity index (χ3v) is 13.5. The topological polar surface area (TPSA) is 196 Å². The van der Waals surface area contributed by atoms with Crippen LogP contribution in [-0.4, -0.2) is 122 Å². The molecule has 2 aromatic heterocycles. The number of cyclic esters (lactones) is 1. The Labute approximate surface area is 398 Å². The highest BCUT2D eigenvalue weighted by atomic mass is 16.6. The third kappa shape index (κ3) is 10.1. The molecule has 2 saturated heterocycles. The number of aromatic nitrogens is 2. The van der Waals surface area contributed by atoms with E-state index in [1.807, 2.05) is 45.0 Å². The fraction of sp³-hybridized carbons (Fsp3) is 0.500. The number of hydrazine groups is 1. The van der Waals surface area contributed by atoms with E-state index in [4.69, 9.17) is 14.5 Å². The number of hydrogen-bond acceptors (Lipinski definition) is 11. The predicted octanol–water partition coefficient (Wildman–Crippen LogP) is 5.13. The molecule has 3 aliphatic rings. The van der Waals surface area contributed by atoms with Crippen molar-refractivity contribution in [3.8, 4) is 40.0 Å². The van der Waals surface area contributed by atoms with Crippen molar-refractivity contribution in [2.45, 2.75) is 111 Å². The zero-order valence-corrected chi connectivity index (χ0v) is 40.6. The number of pyridine rings is 1. The first-order valence-electron chi connectivity index (χ1n) is 23.5. The predicted molar refractivity (Wildman–Crippen MR) is 256 cm³/mol. The Bertz CT molecular complexity index is 2670. The van der Waals surface area contributed by atoms with Gasteiger partial charge in [-0.25, -0.2) is 4.79 Å². The second kappa shape index (κ2) is 20.1. The number of aliphatic hydroxyl groups is 1. The number of amides is 4. The number of carbonyl (C=O) groups is 5. The van der Waals surface area contributed by atoms with E-state index in [2.05, 4.69) is 46.2 Å². The van der Waals surface area contributed by atoms with E-state index in [0.29, 0.717) is 37.1 Å². The van der Waals surface area contributed by atoms with Gasteiger partial charge in [-0.2, -0.15) is 5.43 Å². The molecule has 6 bridgehead atoms. The summed E-state index contributed by atoms with van der Waals surface area (Å²) in [5.74, 6) is 1.26. The Morgan fingerprint density at radius 1 is 1.09 bits per heavy atom. The summed E-state index contributed by atoms with van der Waals surface area (Å²) in [6.07, 6.45) is 2.38. The molecule has 16 heteroatoms. The number of rotatable bonds is 9. The van der Waals surface area contributed by atoms with Gasteiger partial charge in [-0.15, -0.1) is 0 Å². The molecule has 2 fully saturated rings. The van der Waals surface area contributed by atoms with Crippen LogP contribution in [0, 0.1) is 29.1 Å². The molecule has 5 atom stereocenters. The van der Waals surface area contributed by atoms with E-state index in [1.54, 1.807) is 47.2 Å². The minimum atomic E-state index is -2.27. The van der Waals surface area contributed by atoms with Crippen LogP contribution in [-0.2, 0) is 52.8 Å². The van der Waals surface area contributed by atoms with Crippen molar-refractivity contribution in [2.24, 2.45) is 17.3 Å². The Balaban J connectivity index is 1.32. The second-order valence-corrected chi connectivity index (χ2v) is 19.5. The Kier molecular flexibility index (Phi) is 14.7. The lowest BCUT2D eigenvalue weighted by Gasteiger charge is -2.40. The molecule has 16 nitrogen and oxygen atoms in total. The molecule has 0 saturated carbocycles. The van der Waals surface area contributed by atoms with Crippen LogP contribution in [0.15, 0.2) is 54.7 Å². The maximum absolute atomic E-state index is 14.8. The fourth-order valence-electron chi connectivity index (χ4n) is 10.0. The summed E-state index contributed by atoms with van der Waals surface area (Å²) in [4.78, 5) is 77.5. The van der Waals surface area contributed by atoms with Gasteiger partial charge in [0.2, 0.25) is 17.5 Å². The minimum Gasteiger partial charge on any atom is -0.508 e. The maximum atomic E-state index is 14.8. The first-order valence-corrected chi connectivity index (χ1v) is 23.5. The molecule has 4 aromatic rings. The standard InChI is InChI=1S/C52H65N7O9/c1-10-14-43(61)57-22-18-35(29-57)48(63)56(8)45(31(3)4)47(62)54-41-25-33-23-36(26-37(60)24-33)34-16-17-42-39(27-34)40(46(58(42)11-2)38-15-12-20-53-44(38)32(5)67-9)28-51(6,7)30-68-50(65)52(66)19-13-21-59(55-52)49(41)64/h12,15-17,20,23-24,26-27,31-32,35,41,45,55,60,66H,11,13,18-19,21-22,25,28-30H2,1-9H3,(H,54,62)/t32-,35-,41-,45-,52-/m0/s1. The van der Waals surface area contributed by atoms with Gasteiger partial charge in [0, 0.05) is 81.3 Å². The summed E-state index contributed by atoms with van der Waals surface area (Å²) in [7, 11) is 3.20. The molecular formula is C52H65N7O9. The third-order valence-electron chi connectivity index (χ3n) is 13.5. The van der Waals surface area contributed by atoms with E-state index < -0.39 is 52.8 Å². The molecule has 0 radical (unpaired) electrons. The molecule has 0 unspecified atom stereocenters. The Morgan fingerprint density at radius 2 is 1.85 bits per heavy atom. The Morgan fingerprint density at radius 3 is 2.56 bits per heavy atom. The van der Waals surface area contributed by atoms with Crippen molar-refractivity contribution in [3.63, 3.8) is 0 Å². The van der Waals surface area contributed by atoms with Crippen molar-refractivity contribution in [3.05, 3.63) is 71.5 Å². The number of likely N-dealkylation sites (N-methyl/N-ethyl adjacent to an activating group) is 1. The van der Waals surface area contributed by atoms with Gasteiger partial charge < -0.3 is 39.4 Å².